The first kappa shape index (κ1) is 27.7. The van der Waals surface area contributed by atoms with Crippen molar-refractivity contribution in [3.05, 3.63) is 23.8 Å². The number of cyclic esters (lactones) is 1. The van der Waals surface area contributed by atoms with Gasteiger partial charge in [-0.1, -0.05) is 32.1 Å². The number of ether oxygens (including phenoxy) is 3. The van der Waals surface area contributed by atoms with Gasteiger partial charge in [-0.2, -0.15) is 0 Å². The van der Waals surface area contributed by atoms with Crippen LogP contribution in [0.25, 0.3) is 0 Å². The van der Waals surface area contributed by atoms with Crippen molar-refractivity contribution in [1.82, 2.24) is 0 Å². The summed E-state index contributed by atoms with van der Waals surface area (Å²) in [6.07, 6.45) is -3.26. The molecule has 0 aromatic carbocycles. The Balaban J connectivity index is 1.56. The number of carbonyl (C=O) groups excluding carboxylic acids is 1. The van der Waals surface area contributed by atoms with Gasteiger partial charge in [-0.05, 0) is 49.4 Å². The van der Waals surface area contributed by atoms with E-state index >= 15 is 0 Å². The third-order valence-corrected chi connectivity index (χ3v) is 9.34. The van der Waals surface area contributed by atoms with E-state index in [0.29, 0.717) is 12.8 Å². The molecule has 0 bridgehead atoms. The zero-order valence-corrected chi connectivity index (χ0v) is 21.0. The van der Waals surface area contributed by atoms with Crippen LogP contribution >= 0.6 is 0 Å². The highest BCUT2D eigenvalue weighted by Gasteiger charge is 2.59. The third kappa shape index (κ3) is 4.56. The summed E-state index contributed by atoms with van der Waals surface area (Å²) in [7, 11) is 0. The topological polar surface area (TPSA) is 166 Å². The van der Waals surface area contributed by atoms with E-state index in [1.807, 2.05) is 6.92 Å². The molecule has 6 N–H and O–H groups in total. The van der Waals surface area contributed by atoms with E-state index in [0.717, 1.165) is 24.8 Å². The molecule has 2 heterocycles. The molecule has 2 aliphatic heterocycles. The molecule has 4 rings (SSSR count). The molecule has 0 spiro atoms. The zero-order chi connectivity index (χ0) is 26.4. The van der Waals surface area contributed by atoms with E-state index in [-0.39, 0.29) is 36.0 Å². The van der Waals surface area contributed by atoms with E-state index < -0.39 is 60.9 Å². The van der Waals surface area contributed by atoms with Crippen LogP contribution in [0, 0.1) is 22.7 Å². The third-order valence-electron chi connectivity index (χ3n) is 9.34. The van der Waals surface area contributed by atoms with Crippen LogP contribution in [0.3, 0.4) is 0 Å². The van der Waals surface area contributed by atoms with Crippen LogP contribution in [0.2, 0.25) is 0 Å². The molecule has 10 nitrogen and oxygen atoms in total. The van der Waals surface area contributed by atoms with Gasteiger partial charge < -0.3 is 44.8 Å². The summed E-state index contributed by atoms with van der Waals surface area (Å²) in [6, 6.07) is 0. The van der Waals surface area contributed by atoms with Crippen molar-refractivity contribution < 1.29 is 49.6 Å². The summed E-state index contributed by atoms with van der Waals surface area (Å²) in [4.78, 5) is 12.0. The summed E-state index contributed by atoms with van der Waals surface area (Å²) in [5, 5.41) is 61.0. The van der Waals surface area contributed by atoms with Crippen molar-refractivity contribution in [1.29, 1.82) is 0 Å². The van der Waals surface area contributed by atoms with Crippen LogP contribution in [0.5, 0.6) is 0 Å². The molecule has 0 amide bonds. The molecule has 2 saturated heterocycles. The fourth-order valence-electron chi connectivity index (χ4n) is 7.11. The number of aliphatic hydroxyl groups is 6. The van der Waals surface area contributed by atoms with Gasteiger partial charge in [0.05, 0.1) is 24.9 Å². The van der Waals surface area contributed by atoms with Crippen LogP contribution in [0.4, 0.5) is 0 Å². The smallest absolute Gasteiger partial charge is 0.336 e. The van der Waals surface area contributed by atoms with Crippen LogP contribution in [-0.4, -0.2) is 99.3 Å². The Morgan fingerprint density at radius 2 is 1.83 bits per heavy atom. The maximum atomic E-state index is 12.0. The fourth-order valence-corrected chi connectivity index (χ4v) is 7.11. The van der Waals surface area contributed by atoms with Crippen molar-refractivity contribution >= 4 is 5.97 Å². The van der Waals surface area contributed by atoms with Crippen LogP contribution < -0.4 is 0 Å². The molecule has 11 atom stereocenters. The molecule has 204 valence electrons. The molecule has 0 unspecified atom stereocenters. The highest BCUT2D eigenvalue weighted by Crippen LogP contribution is 2.62. The number of esters is 1. The Hall–Kier alpha value is -1.37. The minimum Gasteiger partial charge on any atom is -0.459 e. The monoisotopic (exact) mass is 512 g/mol. The first-order valence-corrected chi connectivity index (χ1v) is 12.8. The minimum atomic E-state index is -1.54. The van der Waals surface area contributed by atoms with E-state index in [2.05, 4.69) is 13.5 Å². The molecule has 0 aromatic heterocycles. The molecule has 10 heteroatoms. The fraction of sp³-hybridized carbons (Fsp3) is 0.808. The highest BCUT2D eigenvalue weighted by molar-refractivity contribution is 5.91. The maximum Gasteiger partial charge on any atom is 0.336 e. The van der Waals surface area contributed by atoms with Crippen LogP contribution in [0.15, 0.2) is 23.8 Å². The number of hydrogen-bond donors (Lipinski definition) is 6. The first-order valence-electron chi connectivity index (χ1n) is 12.8. The Bertz CT molecular complexity index is 873. The predicted molar refractivity (Wildman–Crippen MR) is 126 cm³/mol. The Morgan fingerprint density at radius 1 is 1.11 bits per heavy atom. The summed E-state index contributed by atoms with van der Waals surface area (Å²) in [5.74, 6) is -0.473. The van der Waals surface area contributed by atoms with E-state index in [4.69, 9.17) is 14.2 Å². The molecule has 2 saturated carbocycles. The van der Waals surface area contributed by atoms with Gasteiger partial charge in [-0.25, -0.2) is 4.79 Å². The molecule has 2 aliphatic carbocycles. The van der Waals surface area contributed by atoms with Crippen molar-refractivity contribution in [2.24, 2.45) is 22.7 Å². The van der Waals surface area contributed by atoms with Gasteiger partial charge in [-0.3, -0.25) is 0 Å². The average molecular weight is 513 g/mol. The normalized spacial score (nSPS) is 48.7. The summed E-state index contributed by atoms with van der Waals surface area (Å²) < 4.78 is 16.7. The number of hydrogen-bond acceptors (Lipinski definition) is 10. The molecular weight excluding hydrogens is 472 g/mol. The molecular formula is C26H40O10. The summed E-state index contributed by atoms with van der Waals surface area (Å²) in [6.45, 7) is 7.68. The molecule has 0 aromatic rings. The molecule has 4 fully saturated rings. The minimum absolute atomic E-state index is 0.00740. The van der Waals surface area contributed by atoms with E-state index in [1.54, 1.807) is 6.08 Å². The molecule has 0 radical (unpaired) electrons. The highest BCUT2D eigenvalue weighted by atomic mass is 16.7. The zero-order valence-electron chi connectivity index (χ0n) is 21.0. The lowest BCUT2D eigenvalue weighted by atomic mass is 9.46. The lowest BCUT2D eigenvalue weighted by Crippen LogP contribution is -2.63. The lowest BCUT2D eigenvalue weighted by Gasteiger charge is -2.61. The van der Waals surface area contributed by atoms with Gasteiger partial charge in [0.15, 0.2) is 6.29 Å². The Kier molecular flexibility index (Phi) is 8.00. The maximum absolute atomic E-state index is 12.0. The number of aliphatic hydroxyl groups excluding tert-OH is 6. The Morgan fingerprint density at radius 3 is 2.44 bits per heavy atom. The average Bonchev–Trinajstić information content (AvgIpc) is 3.17. The quantitative estimate of drug-likeness (QED) is 0.121. The molecule has 36 heavy (non-hydrogen) atoms. The summed E-state index contributed by atoms with van der Waals surface area (Å²) in [5.41, 5.74) is 0.356. The van der Waals surface area contributed by atoms with Gasteiger partial charge in [0.2, 0.25) is 0 Å². The second kappa shape index (κ2) is 10.4. The largest absolute Gasteiger partial charge is 0.459 e. The second-order valence-electron chi connectivity index (χ2n) is 11.3. The van der Waals surface area contributed by atoms with Crippen molar-refractivity contribution in [2.45, 2.75) is 88.9 Å². The first-order chi connectivity index (χ1) is 17.0. The SMILES string of the molecule is C=C1CC[C@@H]2[C@](C)(CO)[C@H](O[C@@H]3O[C@H](CO)[C@@H](O)[C@H](O)[C@H]3O)CC[C@@]2(C)[C@@H]1C/C=C1/C(=O)OC[C@H]1O. The Labute approximate surface area is 211 Å². The van der Waals surface area contributed by atoms with Gasteiger partial charge >= 0.3 is 5.97 Å². The van der Waals surface area contributed by atoms with Crippen LogP contribution in [-0.2, 0) is 19.0 Å². The van der Waals surface area contributed by atoms with Crippen molar-refractivity contribution in [3.63, 3.8) is 0 Å². The molecule has 4 aliphatic rings. The standard InChI is InChI=1S/C26H40O10/c1-13-4-7-18-25(2,15(13)6-5-14-16(29)11-34-23(14)33)9-8-19(26(18,3)12-28)36-24-22(32)21(31)20(30)17(10-27)35-24/h5,15-22,24,27-32H,1,4,6-12H2,2-3H3/b14-5+/t15-,16-,17-,18+,19-,20-,21+,22-,24+,25+,26+/m1/s1. The van der Waals surface area contributed by atoms with Gasteiger partial charge in [0.25, 0.3) is 0 Å². The van der Waals surface area contributed by atoms with Crippen LogP contribution in [0.1, 0.15) is 46.0 Å². The van der Waals surface area contributed by atoms with Crippen molar-refractivity contribution in [3.8, 4) is 0 Å². The lowest BCUT2D eigenvalue weighted by molar-refractivity contribution is -0.330. The second-order valence-corrected chi connectivity index (χ2v) is 11.3. The van der Waals surface area contributed by atoms with Gasteiger partial charge in [0, 0.05) is 5.41 Å². The predicted octanol–water partition coefficient (Wildman–Crippen LogP) is -0.213. The summed E-state index contributed by atoms with van der Waals surface area (Å²) >= 11 is 0. The number of fused-ring (bicyclic) bond motifs is 1. The van der Waals surface area contributed by atoms with Gasteiger partial charge in [-0.15, -0.1) is 0 Å². The number of allylic oxidation sites excluding steroid dienone is 2. The van der Waals surface area contributed by atoms with E-state index in [1.165, 1.54) is 0 Å². The van der Waals surface area contributed by atoms with Gasteiger partial charge in [0.1, 0.15) is 37.1 Å². The van der Waals surface area contributed by atoms with E-state index in [9.17, 15) is 35.4 Å². The number of rotatable bonds is 6. The number of carbonyl (C=O) groups is 1. The van der Waals surface area contributed by atoms with Crippen molar-refractivity contribution in [2.75, 3.05) is 19.8 Å².